The zero-order valence-corrected chi connectivity index (χ0v) is 8.97. The quantitative estimate of drug-likeness (QED) is 0.577. The van der Waals surface area contributed by atoms with E-state index in [-0.39, 0.29) is 0 Å². The topological polar surface area (TPSA) is 12.0 Å². The lowest BCUT2D eigenvalue weighted by atomic mass is 10.3. The van der Waals surface area contributed by atoms with Gasteiger partial charge in [0, 0.05) is 0 Å². The Hall–Kier alpha value is -1.09. The second-order valence-electron chi connectivity index (χ2n) is 3.60. The number of benzene rings is 1. The molecule has 0 fully saturated rings. The van der Waals surface area contributed by atoms with E-state index in [1.807, 2.05) is 23.9 Å². The van der Waals surface area contributed by atoms with Gasteiger partial charge in [0.25, 0.3) is 0 Å². The molecule has 1 aromatic carbocycles. The molecule has 0 aromatic heterocycles. The van der Waals surface area contributed by atoms with E-state index in [0.29, 0.717) is 5.69 Å². The van der Waals surface area contributed by atoms with Crippen LogP contribution in [0, 0.1) is 0 Å². The Morgan fingerprint density at radius 1 is 1.46 bits per heavy atom. The SMILES string of the molecule is C=C[Si](C)(C)c1cccc(NF)c1. The third kappa shape index (κ3) is 2.18. The second kappa shape index (κ2) is 3.74. The van der Waals surface area contributed by atoms with Crippen molar-refractivity contribution in [1.29, 1.82) is 0 Å². The van der Waals surface area contributed by atoms with Gasteiger partial charge in [-0.25, -0.2) is 5.54 Å². The van der Waals surface area contributed by atoms with Gasteiger partial charge in [0.2, 0.25) is 0 Å². The average molecular weight is 195 g/mol. The third-order valence-electron chi connectivity index (χ3n) is 2.23. The molecule has 0 atom stereocenters. The fraction of sp³-hybridized carbons (Fsp3) is 0.200. The summed E-state index contributed by atoms with van der Waals surface area (Å²) in [6.07, 6.45) is 0. The van der Waals surface area contributed by atoms with Crippen LogP contribution in [0.2, 0.25) is 13.1 Å². The summed E-state index contributed by atoms with van der Waals surface area (Å²) < 4.78 is 12.1. The van der Waals surface area contributed by atoms with Gasteiger partial charge in [-0.05, 0) is 12.1 Å². The summed E-state index contributed by atoms with van der Waals surface area (Å²) in [4.78, 5) is 0. The highest BCUT2D eigenvalue weighted by atomic mass is 28.3. The molecule has 0 spiro atoms. The molecule has 1 aromatic rings. The van der Waals surface area contributed by atoms with Crippen LogP contribution in [0.5, 0.6) is 0 Å². The first-order chi connectivity index (χ1) is 6.10. The van der Waals surface area contributed by atoms with Crippen molar-refractivity contribution < 1.29 is 4.48 Å². The molecule has 0 bridgehead atoms. The van der Waals surface area contributed by atoms with E-state index in [4.69, 9.17) is 0 Å². The molecule has 1 N–H and O–H groups in total. The zero-order valence-electron chi connectivity index (χ0n) is 7.97. The number of hydrogen-bond donors (Lipinski definition) is 1. The minimum Gasteiger partial charge on any atom is -0.225 e. The van der Waals surface area contributed by atoms with Crippen molar-refractivity contribution in [3.8, 4) is 0 Å². The number of hydrogen-bond acceptors (Lipinski definition) is 1. The highest BCUT2D eigenvalue weighted by molar-refractivity contribution is 6.93. The number of anilines is 1. The van der Waals surface area contributed by atoms with Crippen molar-refractivity contribution in [3.05, 3.63) is 36.5 Å². The summed E-state index contributed by atoms with van der Waals surface area (Å²) in [5.74, 6) is 0. The first kappa shape index (κ1) is 9.99. The van der Waals surface area contributed by atoms with Crippen LogP contribution in [0.25, 0.3) is 0 Å². The van der Waals surface area contributed by atoms with Crippen LogP contribution in [0.15, 0.2) is 36.5 Å². The van der Waals surface area contributed by atoms with Crippen LogP contribution >= 0.6 is 0 Å². The Bertz CT molecular complexity index is 310. The van der Waals surface area contributed by atoms with Crippen LogP contribution in [0.1, 0.15) is 0 Å². The molecule has 0 aliphatic carbocycles. The predicted octanol–water partition coefficient (Wildman–Crippen LogP) is 2.62. The first-order valence-electron chi connectivity index (χ1n) is 4.21. The molecule has 0 saturated carbocycles. The molecule has 3 heteroatoms. The van der Waals surface area contributed by atoms with Gasteiger partial charge in [-0.2, -0.15) is 0 Å². The van der Waals surface area contributed by atoms with E-state index in [9.17, 15) is 4.48 Å². The first-order valence-corrected chi connectivity index (χ1v) is 7.28. The van der Waals surface area contributed by atoms with Crippen LogP contribution in [0.3, 0.4) is 0 Å². The standard InChI is InChI=1S/C10H14FNSi/c1-4-13(2,3)10-7-5-6-9(8-10)12-11/h4-8,12H,1H2,2-3H3. The van der Waals surface area contributed by atoms with Crippen LogP contribution < -0.4 is 10.7 Å². The third-order valence-corrected chi connectivity index (χ3v) is 5.05. The monoisotopic (exact) mass is 195 g/mol. The second-order valence-corrected chi connectivity index (χ2v) is 8.03. The van der Waals surface area contributed by atoms with Crippen LogP contribution in [-0.4, -0.2) is 8.07 Å². The summed E-state index contributed by atoms with van der Waals surface area (Å²) >= 11 is 0. The van der Waals surface area contributed by atoms with E-state index in [2.05, 4.69) is 19.7 Å². The largest absolute Gasteiger partial charge is 0.225 e. The predicted molar refractivity (Wildman–Crippen MR) is 58.5 cm³/mol. The van der Waals surface area contributed by atoms with Crippen LogP contribution in [0.4, 0.5) is 10.2 Å². The summed E-state index contributed by atoms with van der Waals surface area (Å²) in [6.45, 7) is 8.17. The van der Waals surface area contributed by atoms with Gasteiger partial charge in [0.1, 0.15) is 8.07 Å². The Morgan fingerprint density at radius 2 is 2.15 bits per heavy atom. The van der Waals surface area contributed by atoms with E-state index in [0.717, 1.165) is 0 Å². The van der Waals surface area contributed by atoms with Crippen molar-refractivity contribution >= 4 is 18.9 Å². The maximum absolute atomic E-state index is 12.1. The van der Waals surface area contributed by atoms with E-state index >= 15 is 0 Å². The summed E-state index contributed by atoms with van der Waals surface area (Å²) in [6, 6.07) is 7.43. The van der Waals surface area contributed by atoms with Crippen molar-refractivity contribution in [3.63, 3.8) is 0 Å². The molecule has 0 amide bonds. The molecule has 0 radical (unpaired) electrons. The molecule has 0 heterocycles. The minimum atomic E-state index is -1.54. The molecular weight excluding hydrogens is 181 g/mol. The van der Waals surface area contributed by atoms with Gasteiger partial charge >= 0.3 is 0 Å². The Labute approximate surface area is 79.2 Å². The fourth-order valence-corrected chi connectivity index (χ4v) is 2.39. The average Bonchev–Trinajstić information content (AvgIpc) is 2.18. The van der Waals surface area contributed by atoms with Crippen molar-refractivity contribution in [2.75, 3.05) is 5.54 Å². The highest BCUT2D eigenvalue weighted by Crippen LogP contribution is 2.09. The maximum atomic E-state index is 12.1. The number of rotatable bonds is 3. The molecule has 1 nitrogen and oxygen atoms in total. The van der Waals surface area contributed by atoms with Crippen LogP contribution in [-0.2, 0) is 0 Å². The normalized spacial score (nSPS) is 11.0. The zero-order chi connectivity index (χ0) is 9.90. The molecule has 13 heavy (non-hydrogen) atoms. The molecule has 0 aliphatic heterocycles. The molecule has 0 unspecified atom stereocenters. The van der Waals surface area contributed by atoms with Gasteiger partial charge in [0.05, 0.1) is 5.69 Å². The van der Waals surface area contributed by atoms with Gasteiger partial charge in [-0.3, -0.25) is 0 Å². The molecule has 70 valence electrons. The van der Waals surface area contributed by atoms with Gasteiger partial charge in [0.15, 0.2) is 0 Å². The molecular formula is C10H14FNSi. The number of nitrogens with one attached hydrogen (secondary N) is 1. The van der Waals surface area contributed by atoms with Crippen molar-refractivity contribution in [2.24, 2.45) is 0 Å². The van der Waals surface area contributed by atoms with E-state index in [1.165, 1.54) is 5.19 Å². The Kier molecular flexibility index (Phi) is 2.88. The maximum Gasteiger partial charge on any atom is 0.103 e. The smallest absolute Gasteiger partial charge is 0.103 e. The van der Waals surface area contributed by atoms with E-state index < -0.39 is 8.07 Å². The summed E-state index contributed by atoms with van der Waals surface area (Å²) in [5, 5.41) is 1.19. The lowest BCUT2D eigenvalue weighted by Crippen LogP contribution is -2.39. The Morgan fingerprint density at radius 3 is 2.69 bits per heavy atom. The van der Waals surface area contributed by atoms with Crippen molar-refractivity contribution in [1.82, 2.24) is 0 Å². The minimum absolute atomic E-state index is 0.514. The summed E-state index contributed by atoms with van der Waals surface area (Å²) in [5.41, 5.74) is 4.16. The lowest BCUT2D eigenvalue weighted by molar-refractivity contribution is 0.618. The molecule has 1 rings (SSSR count). The molecule has 0 aliphatic rings. The lowest BCUT2D eigenvalue weighted by Gasteiger charge is -2.18. The number of halogens is 1. The Balaban J connectivity index is 3.08. The highest BCUT2D eigenvalue weighted by Gasteiger charge is 2.18. The summed E-state index contributed by atoms with van der Waals surface area (Å²) in [7, 11) is -1.54. The van der Waals surface area contributed by atoms with E-state index in [1.54, 1.807) is 11.6 Å². The molecule has 0 saturated heterocycles. The fourth-order valence-electron chi connectivity index (χ4n) is 1.10. The van der Waals surface area contributed by atoms with Gasteiger partial charge < -0.3 is 0 Å². The van der Waals surface area contributed by atoms with Gasteiger partial charge in [-0.1, -0.05) is 36.1 Å². The van der Waals surface area contributed by atoms with Crippen molar-refractivity contribution in [2.45, 2.75) is 13.1 Å². The van der Waals surface area contributed by atoms with Gasteiger partial charge in [-0.15, -0.1) is 11.1 Å².